The minimum absolute atomic E-state index is 0.149. The normalized spacial score (nSPS) is 13.2. The van der Waals surface area contributed by atoms with Crippen molar-refractivity contribution in [2.45, 2.75) is 64.7 Å². The van der Waals surface area contributed by atoms with Gasteiger partial charge in [0.05, 0.1) is 0 Å². The van der Waals surface area contributed by atoms with E-state index in [9.17, 15) is 14.7 Å². The van der Waals surface area contributed by atoms with Crippen LogP contribution < -0.4 is 0 Å². The topological polar surface area (TPSA) is 68.5 Å². The molecule has 1 unspecified atom stereocenters. The molecule has 0 amide bonds. The molecule has 36 heavy (non-hydrogen) atoms. The van der Waals surface area contributed by atoms with E-state index in [1.165, 1.54) is 26.4 Å². The Morgan fingerprint density at radius 1 is 0.833 bits per heavy atom. The third-order valence-electron chi connectivity index (χ3n) is 7.04. The smallest absolute Gasteiger partial charge is 0.258 e. The summed E-state index contributed by atoms with van der Waals surface area (Å²) in [4.78, 5) is 26.4. The second-order valence-electron chi connectivity index (χ2n) is 9.34. The summed E-state index contributed by atoms with van der Waals surface area (Å²) in [7, 11) is 1.33. The van der Waals surface area contributed by atoms with Crippen molar-refractivity contribution < 1.29 is 19.4 Å². The first-order valence-corrected chi connectivity index (χ1v) is 12.9. The Bertz CT molecular complexity index is 1370. The number of ether oxygens (including phenoxy) is 1. The van der Waals surface area contributed by atoms with Gasteiger partial charge >= 0.3 is 0 Å². The number of hydrogen-bond donors (Lipinski definition) is 1. The number of nitrogens with zero attached hydrogens (tertiary/aromatic N) is 1. The molecule has 5 nitrogen and oxygen atoms in total. The molecule has 0 saturated heterocycles. The highest BCUT2D eigenvalue weighted by atomic mass is 16.6. The molecule has 5 heteroatoms. The standard InChI is InChI=1S/C31H35NO4/c1-4-6-7-8-12-15-29(33)22-16-18-27-25(20-22)26-21-23(17-19-28(26)32(27)5-2)30(34)31(35,36-3)24-13-10-9-11-14-24/h9-11,13-14,16-21,35H,4-8,12,15H2,1-3H3. The lowest BCUT2D eigenvalue weighted by Gasteiger charge is -2.25. The molecule has 0 aliphatic heterocycles. The van der Waals surface area contributed by atoms with Crippen LogP contribution in [0.2, 0.25) is 0 Å². The van der Waals surface area contributed by atoms with E-state index in [1.807, 2.05) is 30.3 Å². The number of aromatic nitrogens is 1. The Kier molecular flexibility index (Phi) is 8.02. The van der Waals surface area contributed by atoms with Crippen molar-refractivity contribution in [2.24, 2.45) is 0 Å². The Labute approximate surface area is 212 Å². The van der Waals surface area contributed by atoms with Crippen LogP contribution >= 0.6 is 0 Å². The molecule has 0 spiro atoms. The van der Waals surface area contributed by atoms with Crippen LogP contribution in [0, 0.1) is 0 Å². The fourth-order valence-corrected chi connectivity index (χ4v) is 4.99. The lowest BCUT2D eigenvalue weighted by molar-refractivity contribution is -0.153. The maximum Gasteiger partial charge on any atom is 0.258 e. The number of rotatable bonds is 12. The maximum absolute atomic E-state index is 13.5. The second kappa shape index (κ2) is 11.2. The summed E-state index contributed by atoms with van der Waals surface area (Å²) < 4.78 is 7.51. The van der Waals surface area contributed by atoms with Crippen molar-refractivity contribution in [2.75, 3.05) is 7.11 Å². The molecule has 4 rings (SSSR count). The maximum atomic E-state index is 13.5. The highest BCUT2D eigenvalue weighted by molar-refractivity contribution is 6.13. The minimum Gasteiger partial charge on any atom is -0.356 e. The summed E-state index contributed by atoms with van der Waals surface area (Å²) in [6.45, 7) is 5.01. The monoisotopic (exact) mass is 485 g/mol. The molecule has 3 aromatic carbocycles. The van der Waals surface area contributed by atoms with E-state index >= 15 is 0 Å². The molecule has 0 bridgehead atoms. The quantitative estimate of drug-likeness (QED) is 0.133. The summed E-state index contributed by atoms with van der Waals surface area (Å²) in [5.41, 5.74) is 3.41. The van der Waals surface area contributed by atoms with Crippen molar-refractivity contribution in [1.82, 2.24) is 4.57 Å². The van der Waals surface area contributed by atoms with Crippen LogP contribution in [0.1, 0.15) is 78.7 Å². The highest BCUT2D eigenvalue weighted by Gasteiger charge is 2.39. The third-order valence-corrected chi connectivity index (χ3v) is 7.04. The number of Topliss-reactive ketones (excluding diaryl/α,β-unsaturated/α-hetero) is 2. The van der Waals surface area contributed by atoms with Gasteiger partial charge in [-0.05, 0) is 49.7 Å². The number of benzene rings is 3. The molecule has 0 aliphatic carbocycles. The average molecular weight is 486 g/mol. The summed E-state index contributed by atoms with van der Waals surface area (Å²) in [6.07, 6.45) is 6.08. The van der Waals surface area contributed by atoms with E-state index < -0.39 is 11.6 Å². The molecule has 1 heterocycles. The van der Waals surface area contributed by atoms with Gasteiger partial charge in [0.25, 0.3) is 5.79 Å². The lowest BCUT2D eigenvalue weighted by Crippen LogP contribution is -2.37. The number of aliphatic hydroxyl groups is 1. The lowest BCUT2D eigenvalue weighted by atomic mass is 9.95. The van der Waals surface area contributed by atoms with Crippen LogP contribution in [0.4, 0.5) is 0 Å². The van der Waals surface area contributed by atoms with Gasteiger partial charge in [-0.2, -0.15) is 0 Å². The van der Waals surface area contributed by atoms with E-state index in [4.69, 9.17) is 4.74 Å². The van der Waals surface area contributed by atoms with Gasteiger partial charge in [0.2, 0.25) is 5.78 Å². The molecular formula is C31H35NO4. The van der Waals surface area contributed by atoms with Gasteiger partial charge < -0.3 is 14.4 Å². The third kappa shape index (κ3) is 4.86. The van der Waals surface area contributed by atoms with Gasteiger partial charge in [-0.1, -0.05) is 62.9 Å². The Morgan fingerprint density at radius 2 is 1.44 bits per heavy atom. The molecule has 0 fully saturated rings. The Balaban J connectivity index is 1.72. The average Bonchev–Trinajstić information content (AvgIpc) is 3.24. The number of methoxy groups -OCH3 is 1. The fourth-order valence-electron chi connectivity index (χ4n) is 4.99. The molecule has 4 aromatic rings. The van der Waals surface area contributed by atoms with Gasteiger partial charge in [0.1, 0.15) is 0 Å². The SMILES string of the molecule is CCCCCCCC(=O)c1ccc2c(c1)c1cc(C(=O)C(O)(OC)c3ccccc3)ccc1n2CC. The largest absolute Gasteiger partial charge is 0.356 e. The summed E-state index contributed by atoms with van der Waals surface area (Å²) in [6, 6.07) is 20.0. The van der Waals surface area contributed by atoms with E-state index in [0.717, 1.165) is 41.2 Å². The zero-order valence-corrected chi connectivity index (χ0v) is 21.4. The Hall–Kier alpha value is -3.28. The zero-order valence-electron chi connectivity index (χ0n) is 21.4. The van der Waals surface area contributed by atoms with Gasteiger partial charge in [-0.3, -0.25) is 9.59 Å². The van der Waals surface area contributed by atoms with Crippen LogP contribution in [0.3, 0.4) is 0 Å². The Morgan fingerprint density at radius 3 is 2.06 bits per heavy atom. The van der Waals surface area contributed by atoms with Crippen molar-refractivity contribution >= 4 is 33.4 Å². The van der Waals surface area contributed by atoms with Gasteiger partial charge in [0, 0.05) is 58.6 Å². The fraction of sp³-hybridized carbons (Fsp3) is 0.355. The first-order valence-electron chi connectivity index (χ1n) is 12.9. The van der Waals surface area contributed by atoms with E-state index in [-0.39, 0.29) is 5.78 Å². The van der Waals surface area contributed by atoms with Crippen molar-refractivity contribution in [1.29, 1.82) is 0 Å². The van der Waals surface area contributed by atoms with Crippen molar-refractivity contribution in [3.05, 3.63) is 83.4 Å². The molecule has 0 saturated carbocycles. The van der Waals surface area contributed by atoms with Crippen molar-refractivity contribution in [3.63, 3.8) is 0 Å². The molecular weight excluding hydrogens is 450 g/mol. The number of unbranched alkanes of at least 4 members (excludes halogenated alkanes) is 4. The predicted octanol–water partition coefficient (Wildman–Crippen LogP) is 7.03. The molecule has 1 aromatic heterocycles. The van der Waals surface area contributed by atoms with Crippen LogP contribution in [-0.4, -0.2) is 28.3 Å². The van der Waals surface area contributed by atoms with Crippen LogP contribution in [-0.2, 0) is 17.1 Å². The number of hydrogen-bond acceptors (Lipinski definition) is 4. The predicted molar refractivity (Wildman–Crippen MR) is 145 cm³/mol. The van der Waals surface area contributed by atoms with E-state index in [2.05, 4.69) is 18.4 Å². The minimum atomic E-state index is -2.09. The van der Waals surface area contributed by atoms with Crippen LogP contribution in [0.15, 0.2) is 66.7 Å². The molecule has 1 atom stereocenters. The van der Waals surface area contributed by atoms with Crippen LogP contribution in [0.25, 0.3) is 21.8 Å². The van der Waals surface area contributed by atoms with Gasteiger partial charge in [0.15, 0.2) is 5.78 Å². The van der Waals surface area contributed by atoms with Gasteiger partial charge in [-0.15, -0.1) is 0 Å². The molecule has 0 aliphatic rings. The van der Waals surface area contributed by atoms with Crippen LogP contribution in [0.5, 0.6) is 0 Å². The summed E-state index contributed by atoms with van der Waals surface area (Å²) in [5.74, 6) is -2.47. The summed E-state index contributed by atoms with van der Waals surface area (Å²) in [5, 5.41) is 13.0. The first-order chi connectivity index (χ1) is 17.4. The van der Waals surface area contributed by atoms with Gasteiger partial charge in [-0.25, -0.2) is 0 Å². The summed E-state index contributed by atoms with van der Waals surface area (Å²) >= 11 is 0. The number of ketones is 2. The number of carbonyl (C=O) groups is 2. The number of fused-ring (bicyclic) bond motifs is 3. The number of carbonyl (C=O) groups excluding carboxylic acids is 2. The highest BCUT2D eigenvalue weighted by Crippen LogP contribution is 2.33. The molecule has 188 valence electrons. The number of aryl methyl sites for hydroxylation is 1. The second-order valence-corrected chi connectivity index (χ2v) is 9.34. The molecule has 1 N–H and O–H groups in total. The van der Waals surface area contributed by atoms with E-state index in [0.29, 0.717) is 23.1 Å². The molecule has 0 radical (unpaired) electrons. The first kappa shape index (κ1) is 25.8. The zero-order chi connectivity index (χ0) is 25.7. The van der Waals surface area contributed by atoms with Crippen molar-refractivity contribution in [3.8, 4) is 0 Å². The van der Waals surface area contributed by atoms with E-state index in [1.54, 1.807) is 36.4 Å².